The molecule has 0 unspecified atom stereocenters. The van der Waals surface area contributed by atoms with E-state index >= 15 is 0 Å². The first-order chi connectivity index (χ1) is 15.5. The van der Waals surface area contributed by atoms with E-state index in [4.69, 9.17) is 0 Å². The van der Waals surface area contributed by atoms with Crippen LogP contribution < -0.4 is 10.6 Å². The molecule has 6 nitrogen and oxygen atoms in total. The number of benzene rings is 2. The van der Waals surface area contributed by atoms with Crippen molar-refractivity contribution in [2.24, 2.45) is 0 Å². The standard InChI is InChI=1S/C25H28N4O2S/c1-17-10-12-19(13-11-17)27-23(30)16-32-18(2)25(31)28-22-9-4-3-8-21(22)24-26-15-20-7-5-6-14-29(20)24/h3-4,8-13,15,18H,5-7,14,16H2,1-2H3,(H,27,30)(H,28,31)/t18-/m0/s1. The average Bonchev–Trinajstić information content (AvgIpc) is 3.23. The van der Waals surface area contributed by atoms with E-state index in [9.17, 15) is 9.59 Å². The molecule has 2 amide bonds. The van der Waals surface area contributed by atoms with E-state index in [1.54, 1.807) is 0 Å². The van der Waals surface area contributed by atoms with Crippen molar-refractivity contribution in [3.05, 3.63) is 66.0 Å². The van der Waals surface area contributed by atoms with Crippen LogP contribution in [0, 0.1) is 6.92 Å². The van der Waals surface area contributed by atoms with Crippen molar-refractivity contribution in [3.63, 3.8) is 0 Å². The number of nitrogens with one attached hydrogen (secondary N) is 2. The topological polar surface area (TPSA) is 76.0 Å². The summed E-state index contributed by atoms with van der Waals surface area (Å²) in [6.07, 6.45) is 5.32. The Morgan fingerprint density at radius 1 is 1.09 bits per heavy atom. The minimum atomic E-state index is -0.374. The number of rotatable bonds is 7. The number of amides is 2. The number of aryl methyl sites for hydroxylation is 2. The maximum atomic E-state index is 12.8. The number of nitrogens with zero attached hydrogens (tertiary/aromatic N) is 2. The number of anilines is 2. The summed E-state index contributed by atoms with van der Waals surface area (Å²) in [6, 6.07) is 15.4. The zero-order valence-corrected chi connectivity index (χ0v) is 19.2. The second-order valence-electron chi connectivity index (χ2n) is 8.08. The minimum Gasteiger partial charge on any atom is -0.328 e. The first kappa shape index (κ1) is 22.1. The zero-order valence-electron chi connectivity index (χ0n) is 18.4. The van der Waals surface area contributed by atoms with Crippen LogP contribution in [-0.4, -0.2) is 32.4 Å². The lowest BCUT2D eigenvalue weighted by Gasteiger charge is -2.19. The van der Waals surface area contributed by atoms with Gasteiger partial charge in [-0.25, -0.2) is 4.98 Å². The fourth-order valence-electron chi connectivity index (χ4n) is 3.78. The van der Waals surface area contributed by atoms with Crippen LogP contribution in [0.2, 0.25) is 0 Å². The molecule has 1 aliphatic heterocycles. The van der Waals surface area contributed by atoms with Gasteiger partial charge in [-0.15, -0.1) is 11.8 Å². The summed E-state index contributed by atoms with van der Waals surface area (Å²) < 4.78 is 2.25. The lowest BCUT2D eigenvalue weighted by molar-refractivity contribution is -0.115. The summed E-state index contributed by atoms with van der Waals surface area (Å²) >= 11 is 1.32. The first-order valence-corrected chi connectivity index (χ1v) is 12.0. The van der Waals surface area contributed by atoms with Gasteiger partial charge in [0.25, 0.3) is 0 Å². The Hall–Kier alpha value is -3.06. The lowest BCUT2D eigenvalue weighted by atomic mass is 10.1. The van der Waals surface area contributed by atoms with Crippen LogP contribution in [0.3, 0.4) is 0 Å². The highest BCUT2D eigenvalue weighted by atomic mass is 32.2. The number of thioether (sulfide) groups is 1. The van der Waals surface area contributed by atoms with Crippen LogP contribution >= 0.6 is 11.8 Å². The van der Waals surface area contributed by atoms with Crippen molar-refractivity contribution in [3.8, 4) is 11.4 Å². The van der Waals surface area contributed by atoms with E-state index in [1.807, 2.05) is 68.6 Å². The Balaban J connectivity index is 1.37. The second-order valence-corrected chi connectivity index (χ2v) is 9.41. The number of fused-ring (bicyclic) bond motifs is 1. The summed E-state index contributed by atoms with van der Waals surface area (Å²) in [4.78, 5) is 29.7. The highest BCUT2D eigenvalue weighted by molar-refractivity contribution is 8.01. The molecule has 1 aromatic heterocycles. The number of carbonyl (C=O) groups is 2. The Morgan fingerprint density at radius 2 is 1.88 bits per heavy atom. The fourth-order valence-corrected chi connectivity index (χ4v) is 4.47. The summed E-state index contributed by atoms with van der Waals surface area (Å²) in [5, 5.41) is 5.53. The Bertz CT molecular complexity index is 1110. The molecule has 0 fully saturated rings. The van der Waals surface area contributed by atoms with Gasteiger partial charge in [-0.05, 0) is 57.4 Å². The molecule has 0 saturated heterocycles. The van der Waals surface area contributed by atoms with Gasteiger partial charge in [-0.2, -0.15) is 0 Å². The molecule has 0 radical (unpaired) electrons. The Morgan fingerprint density at radius 3 is 2.69 bits per heavy atom. The van der Waals surface area contributed by atoms with E-state index in [1.165, 1.54) is 23.9 Å². The third-order valence-corrected chi connectivity index (χ3v) is 6.74. The van der Waals surface area contributed by atoms with Gasteiger partial charge < -0.3 is 15.2 Å². The van der Waals surface area contributed by atoms with Gasteiger partial charge in [0, 0.05) is 29.7 Å². The van der Waals surface area contributed by atoms with E-state index in [0.29, 0.717) is 0 Å². The van der Waals surface area contributed by atoms with Crippen molar-refractivity contribution in [1.29, 1.82) is 0 Å². The third kappa shape index (κ3) is 5.22. The van der Waals surface area contributed by atoms with Gasteiger partial charge in [0.15, 0.2) is 0 Å². The number of hydrogen-bond acceptors (Lipinski definition) is 4. The molecule has 7 heteroatoms. The number of carbonyl (C=O) groups excluding carboxylic acids is 2. The predicted molar refractivity (Wildman–Crippen MR) is 131 cm³/mol. The van der Waals surface area contributed by atoms with Gasteiger partial charge in [0.1, 0.15) is 5.82 Å². The van der Waals surface area contributed by atoms with E-state index in [0.717, 1.165) is 47.7 Å². The normalized spacial score (nSPS) is 13.8. The molecule has 0 aliphatic carbocycles. The smallest absolute Gasteiger partial charge is 0.237 e. The maximum Gasteiger partial charge on any atom is 0.237 e. The molecule has 0 spiro atoms. The van der Waals surface area contributed by atoms with Crippen LogP contribution in [0.4, 0.5) is 11.4 Å². The van der Waals surface area contributed by atoms with Gasteiger partial charge >= 0.3 is 0 Å². The highest BCUT2D eigenvalue weighted by Gasteiger charge is 2.20. The molecule has 166 valence electrons. The molecule has 32 heavy (non-hydrogen) atoms. The predicted octanol–water partition coefficient (Wildman–Crippen LogP) is 4.89. The molecular weight excluding hydrogens is 420 g/mol. The molecule has 4 rings (SSSR count). The molecule has 0 saturated carbocycles. The summed E-state index contributed by atoms with van der Waals surface area (Å²) in [5.41, 5.74) is 4.81. The van der Waals surface area contributed by atoms with E-state index in [2.05, 4.69) is 20.2 Å². The molecule has 1 atom stereocenters. The largest absolute Gasteiger partial charge is 0.328 e. The molecular formula is C25H28N4O2S. The Kier molecular flexibility index (Phi) is 6.95. The van der Waals surface area contributed by atoms with Gasteiger partial charge in [0.2, 0.25) is 11.8 Å². The molecule has 0 bridgehead atoms. The second kappa shape index (κ2) is 10.0. The highest BCUT2D eigenvalue weighted by Crippen LogP contribution is 2.30. The zero-order chi connectivity index (χ0) is 22.5. The minimum absolute atomic E-state index is 0.122. The number of para-hydroxylation sites is 1. The molecule has 2 aromatic carbocycles. The van der Waals surface area contributed by atoms with Gasteiger partial charge in [0.05, 0.1) is 16.7 Å². The Labute approximate surface area is 192 Å². The van der Waals surface area contributed by atoms with Gasteiger partial charge in [-0.3, -0.25) is 9.59 Å². The lowest BCUT2D eigenvalue weighted by Crippen LogP contribution is -2.25. The number of aromatic nitrogens is 2. The first-order valence-electron chi connectivity index (χ1n) is 10.9. The molecule has 2 heterocycles. The summed E-state index contributed by atoms with van der Waals surface area (Å²) in [7, 11) is 0. The van der Waals surface area contributed by atoms with Crippen molar-refractivity contribution in [2.45, 2.75) is 44.9 Å². The fraction of sp³-hybridized carbons (Fsp3) is 0.320. The molecule has 3 aromatic rings. The monoisotopic (exact) mass is 448 g/mol. The third-order valence-electron chi connectivity index (χ3n) is 5.60. The molecule has 1 aliphatic rings. The SMILES string of the molecule is Cc1ccc(NC(=O)CS[C@@H](C)C(=O)Nc2ccccc2-c2ncc3n2CCCC3)cc1. The van der Waals surface area contributed by atoms with Crippen molar-refractivity contribution < 1.29 is 9.59 Å². The average molecular weight is 449 g/mol. The van der Waals surface area contributed by atoms with Crippen molar-refractivity contribution >= 4 is 35.0 Å². The van der Waals surface area contributed by atoms with Crippen LogP contribution in [0.25, 0.3) is 11.4 Å². The quantitative estimate of drug-likeness (QED) is 0.539. The van der Waals surface area contributed by atoms with Gasteiger partial charge in [-0.1, -0.05) is 29.8 Å². The molecule has 2 N–H and O–H groups in total. The van der Waals surface area contributed by atoms with Crippen molar-refractivity contribution in [1.82, 2.24) is 9.55 Å². The van der Waals surface area contributed by atoms with Crippen LogP contribution in [-0.2, 0) is 22.6 Å². The van der Waals surface area contributed by atoms with Crippen molar-refractivity contribution in [2.75, 3.05) is 16.4 Å². The maximum absolute atomic E-state index is 12.8. The summed E-state index contributed by atoms with van der Waals surface area (Å²) in [6.45, 7) is 4.77. The summed E-state index contributed by atoms with van der Waals surface area (Å²) in [5.74, 6) is 0.852. The van der Waals surface area contributed by atoms with E-state index in [-0.39, 0.29) is 22.8 Å². The number of imidazole rings is 1. The van der Waals surface area contributed by atoms with E-state index < -0.39 is 0 Å². The van der Waals surface area contributed by atoms with Crippen LogP contribution in [0.1, 0.15) is 31.0 Å². The number of hydrogen-bond donors (Lipinski definition) is 2. The van der Waals surface area contributed by atoms with Crippen LogP contribution in [0.15, 0.2) is 54.7 Å². The van der Waals surface area contributed by atoms with Crippen LogP contribution in [0.5, 0.6) is 0 Å².